The molecule has 3 unspecified atom stereocenters. The monoisotopic (exact) mass is 279 g/mol. The summed E-state index contributed by atoms with van der Waals surface area (Å²) in [6.45, 7) is 14.2. The molecule has 1 aliphatic heterocycles. The zero-order valence-corrected chi connectivity index (χ0v) is 13.5. The van der Waals surface area contributed by atoms with E-state index < -0.39 is 0 Å². The van der Waals surface area contributed by atoms with Gasteiger partial charge in [-0.15, -0.1) is 0 Å². The van der Waals surface area contributed by atoms with Crippen LogP contribution in [-0.2, 0) is 6.54 Å². The molecule has 3 atom stereocenters. The average molecular weight is 279 g/mol. The molecule has 0 spiro atoms. The molecule has 20 heavy (non-hydrogen) atoms. The second kappa shape index (κ2) is 6.72. The molecule has 2 heterocycles. The van der Waals surface area contributed by atoms with Crippen molar-refractivity contribution < 1.29 is 4.52 Å². The molecule has 1 aromatic heterocycles. The minimum atomic E-state index is 0.576. The molecule has 0 saturated carbocycles. The predicted octanol–water partition coefficient (Wildman–Crippen LogP) is 2.83. The molecule has 2 rings (SSSR count). The first-order chi connectivity index (χ1) is 9.51. The van der Waals surface area contributed by atoms with E-state index in [0.717, 1.165) is 31.1 Å². The Morgan fingerprint density at radius 3 is 2.75 bits per heavy atom. The third-order valence-corrected chi connectivity index (χ3v) is 4.63. The van der Waals surface area contributed by atoms with Gasteiger partial charge in [-0.05, 0) is 18.8 Å². The van der Waals surface area contributed by atoms with Crippen molar-refractivity contribution in [2.45, 2.75) is 59.7 Å². The Bertz CT molecular complexity index is 416. The van der Waals surface area contributed by atoms with Gasteiger partial charge in [0.15, 0.2) is 0 Å². The maximum absolute atomic E-state index is 5.20. The van der Waals surface area contributed by atoms with E-state index in [1.54, 1.807) is 0 Å². The van der Waals surface area contributed by atoms with Gasteiger partial charge in [-0.2, -0.15) is 0 Å². The molecule has 0 radical (unpaired) electrons. The van der Waals surface area contributed by atoms with Crippen LogP contribution in [-0.4, -0.2) is 35.2 Å². The maximum atomic E-state index is 5.20. The summed E-state index contributed by atoms with van der Waals surface area (Å²) < 4.78 is 5.20. The molecule has 114 valence electrons. The van der Waals surface area contributed by atoms with Gasteiger partial charge < -0.3 is 9.84 Å². The molecule has 1 aromatic rings. The topological polar surface area (TPSA) is 41.3 Å². The Labute approximate surface area is 122 Å². The fraction of sp³-hybridized carbons (Fsp3) is 0.812. The van der Waals surface area contributed by atoms with Gasteiger partial charge >= 0.3 is 0 Å². The first-order valence-corrected chi connectivity index (χ1v) is 7.90. The van der Waals surface area contributed by atoms with Gasteiger partial charge in [0.25, 0.3) is 0 Å². The molecule has 0 aromatic carbocycles. The van der Waals surface area contributed by atoms with Crippen molar-refractivity contribution in [2.75, 3.05) is 13.1 Å². The zero-order valence-electron chi connectivity index (χ0n) is 13.5. The fourth-order valence-electron chi connectivity index (χ4n) is 3.06. The van der Waals surface area contributed by atoms with Crippen molar-refractivity contribution in [1.82, 2.24) is 15.4 Å². The highest BCUT2D eigenvalue weighted by atomic mass is 16.5. The van der Waals surface area contributed by atoms with Crippen molar-refractivity contribution >= 4 is 0 Å². The van der Waals surface area contributed by atoms with Crippen LogP contribution in [0.2, 0.25) is 0 Å². The number of aryl methyl sites for hydroxylation is 1. The van der Waals surface area contributed by atoms with Crippen molar-refractivity contribution in [3.63, 3.8) is 0 Å². The molecule has 0 amide bonds. The Morgan fingerprint density at radius 1 is 1.45 bits per heavy atom. The highest BCUT2D eigenvalue weighted by molar-refractivity contribution is 5.04. The van der Waals surface area contributed by atoms with Crippen LogP contribution in [0.15, 0.2) is 10.6 Å². The molecule has 4 heteroatoms. The number of aromatic nitrogens is 1. The second-order valence-corrected chi connectivity index (χ2v) is 6.57. The van der Waals surface area contributed by atoms with Gasteiger partial charge in [-0.1, -0.05) is 39.3 Å². The van der Waals surface area contributed by atoms with E-state index in [2.05, 4.69) is 49.1 Å². The van der Waals surface area contributed by atoms with Crippen molar-refractivity contribution in [3.8, 4) is 0 Å². The minimum Gasteiger partial charge on any atom is -0.361 e. The number of hydrogen-bond donors (Lipinski definition) is 1. The summed E-state index contributed by atoms with van der Waals surface area (Å²) in [5, 5.41) is 7.89. The molecule has 1 saturated heterocycles. The van der Waals surface area contributed by atoms with Crippen LogP contribution < -0.4 is 5.32 Å². The number of nitrogens with one attached hydrogen (secondary N) is 1. The maximum Gasteiger partial charge on any atom is 0.133 e. The normalized spacial score (nSPS) is 26.1. The molecule has 1 fully saturated rings. The Hall–Kier alpha value is -0.870. The third kappa shape index (κ3) is 3.61. The van der Waals surface area contributed by atoms with Crippen LogP contribution in [0.5, 0.6) is 0 Å². The first-order valence-electron chi connectivity index (χ1n) is 7.90. The van der Waals surface area contributed by atoms with Crippen LogP contribution in [0.4, 0.5) is 0 Å². The smallest absolute Gasteiger partial charge is 0.133 e. The highest BCUT2D eigenvalue weighted by Gasteiger charge is 2.32. The molecular formula is C16H29N3O. The minimum absolute atomic E-state index is 0.576. The quantitative estimate of drug-likeness (QED) is 0.900. The van der Waals surface area contributed by atoms with Crippen LogP contribution in [0.1, 0.15) is 45.6 Å². The molecule has 4 nitrogen and oxygen atoms in total. The fourth-order valence-corrected chi connectivity index (χ4v) is 3.06. The number of nitrogens with zero attached hydrogens (tertiary/aromatic N) is 2. The Morgan fingerprint density at radius 2 is 2.20 bits per heavy atom. The molecule has 0 bridgehead atoms. The molecule has 1 aliphatic rings. The summed E-state index contributed by atoms with van der Waals surface area (Å²) in [5.41, 5.74) is 1.05. The van der Waals surface area contributed by atoms with Gasteiger partial charge in [0, 0.05) is 37.8 Å². The van der Waals surface area contributed by atoms with Gasteiger partial charge in [-0.25, -0.2) is 0 Å². The lowest BCUT2D eigenvalue weighted by atomic mass is 9.92. The third-order valence-electron chi connectivity index (χ3n) is 4.63. The lowest BCUT2D eigenvalue weighted by Gasteiger charge is -2.43. The summed E-state index contributed by atoms with van der Waals surface area (Å²) in [5.74, 6) is 2.26. The predicted molar refractivity (Wildman–Crippen MR) is 81.5 cm³/mol. The average Bonchev–Trinajstić information content (AvgIpc) is 2.82. The molecule has 0 aliphatic carbocycles. The van der Waals surface area contributed by atoms with Crippen LogP contribution in [0.3, 0.4) is 0 Å². The van der Waals surface area contributed by atoms with E-state index in [-0.39, 0.29) is 0 Å². The Balaban J connectivity index is 2.06. The van der Waals surface area contributed by atoms with E-state index in [9.17, 15) is 0 Å². The number of piperazine rings is 1. The number of hydrogen-bond acceptors (Lipinski definition) is 4. The van der Waals surface area contributed by atoms with Gasteiger partial charge in [0.2, 0.25) is 0 Å². The van der Waals surface area contributed by atoms with E-state index >= 15 is 0 Å². The highest BCUT2D eigenvalue weighted by Crippen LogP contribution is 2.21. The summed E-state index contributed by atoms with van der Waals surface area (Å²) >= 11 is 0. The van der Waals surface area contributed by atoms with Crippen molar-refractivity contribution in [3.05, 3.63) is 17.5 Å². The standard InChI is InChI=1S/C16H29N3O/c1-6-12(4)15-10-19(16(8-17-15)11(2)3)9-14-7-13(5)20-18-14/h7,11-12,15-17H,6,8-10H2,1-5H3. The summed E-state index contributed by atoms with van der Waals surface area (Å²) in [4.78, 5) is 2.58. The van der Waals surface area contributed by atoms with Gasteiger partial charge in [-0.3, -0.25) is 4.90 Å². The lowest BCUT2D eigenvalue weighted by Crippen LogP contribution is -2.59. The summed E-state index contributed by atoms with van der Waals surface area (Å²) in [7, 11) is 0. The lowest BCUT2D eigenvalue weighted by molar-refractivity contribution is 0.0732. The van der Waals surface area contributed by atoms with Gasteiger partial charge in [0.1, 0.15) is 5.76 Å². The molecule has 1 N–H and O–H groups in total. The largest absolute Gasteiger partial charge is 0.361 e. The van der Waals surface area contributed by atoms with Crippen LogP contribution in [0.25, 0.3) is 0 Å². The zero-order chi connectivity index (χ0) is 14.7. The van der Waals surface area contributed by atoms with Gasteiger partial charge in [0.05, 0.1) is 5.69 Å². The number of rotatable bonds is 5. The Kier molecular flexibility index (Phi) is 5.22. The van der Waals surface area contributed by atoms with Crippen molar-refractivity contribution in [2.24, 2.45) is 11.8 Å². The van der Waals surface area contributed by atoms with Crippen LogP contribution >= 0.6 is 0 Å². The second-order valence-electron chi connectivity index (χ2n) is 6.57. The SMILES string of the molecule is CCC(C)C1CN(Cc2cc(C)on2)C(C(C)C)CN1. The molecular weight excluding hydrogens is 250 g/mol. The van der Waals surface area contributed by atoms with Crippen molar-refractivity contribution in [1.29, 1.82) is 0 Å². The van der Waals surface area contributed by atoms with E-state index in [1.165, 1.54) is 6.42 Å². The van der Waals surface area contributed by atoms with E-state index in [0.29, 0.717) is 23.9 Å². The summed E-state index contributed by atoms with van der Waals surface area (Å²) in [6.07, 6.45) is 1.22. The summed E-state index contributed by atoms with van der Waals surface area (Å²) in [6, 6.07) is 3.22. The van der Waals surface area contributed by atoms with E-state index in [4.69, 9.17) is 4.52 Å². The van der Waals surface area contributed by atoms with E-state index in [1.807, 2.05) is 6.92 Å². The first kappa shape index (κ1) is 15.5. The van der Waals surface area contributed by atoms with Crippen LogP contribution in [0, 0.1) is 18.8 Å².